The monoisotopic (exact) mass is 304 g/mol. The predicted octanol–water partition coefficient (Wildman–Crippen LogP) is 2.37. The molecule has 22 heavy (non-hydrogen) atoms. The van der Waals surface area contributed by atoms with Gasteiger partial charge in [0.15, 0.2) is 0 Å². The number of benzene rings is 2. The molecule has 5 nitrogen and oxygen atoms in total. The molecule has 2 aromatic rings. The van der Waals surface area contributed by atoms with Gasteiger partial charge in [-0.05, 0) is 36.4 Å². The van der Waals surface area contributed by atoms with E-state index in [1.54, 1.807) is 30.3 Å². The first-order chi connectivity index (χ1) is 10.5. The third kappa shape index (κ3) is 3.29. The number of rotatable bonds is 5. The number of ether oxygens (including phenoxy) is 2. The highest BCUT2D eigenvalue weighted by molar-refractivity contribution is 5.68. The average molecular weight is 304 g/mol. The van der Waals surface area contributed by atoms with Crippen molar-refractivity contribution in [3.8, 4) is 11.5 Å². The molecular formula is C16H17FN2O3. The number of nitrogen functional groups attached to an aromatic ring is 1. The van der Waals surface area contributed by atoms with Crippen molar-refractivity contribution in [2.75, 3.05) is 30.8 Å². The largest absolute Gasteiger partial charge is 0.457 e. The summed E-state index contributed by atoms with van der Waals surface area (Å²) in [5.41, 5.74) is 6.28. The van der Waals surface area contributed by atoms with Crippen LogP contribution in [0.3, 0.4) is 0 Å². The Labute approximate surface area is 127 Å². The van der Waals surface area contributed by atoms with Crippen LogP contribution in [0.2, 0.25) is 0 Å². The van der Waals surface area contributed by atoms with Crippen LogP contribution in [0.1, 0.15) is 0 Å². The first-order valence-corrected chi connectivity index (χ1v) is 6.91. The van der Waals surface area contributed by atoms with E-state index in [1.165, 1.54) is 12.1 Å². The van der Waals surface area contributed by atoms with Crippen LogP contribution in [0.4, 0.5) is 15.8 Å². The first kappa shape index (κ1) is 14.6. The van der Waals surface area contributed by atoms with Crippen molar-refractivity contribution in [1.82, 2.24) is 0 Å². The Bertz CT molecular complexity index is 657. The molecule has 1 aliphatic rings. The highest BCUT2D eigenvalue weighted by Gasteiger charge is 2.35. The van der Waals surface area contributed by atoms with Gasteiger partial charge >= 0.3 is 0 Å². The molecule has 6 heteroatoms. The summed E-state index contributed by atoms with van der Waals surface area (Å²) in [5, 5.41) is 13.1. The molecule has 3 rings (SSSR count). The summed E-state index contributed by atoms with van der Waals surface area (Å²) in [4.78, 5) is 0. The van der Waals surface area contributed by atoms with Crippen LogP contribution < -0.4 is 15.8 Å². The maximum absolute atomic E-state index is 12.9. The lowest BCUT2D eigenvalue weighted by Gasteiger charge is -2.36. The Balaban J connectivity index is 1.70. The highest BCUT2D eigenvalue weighted by Crippen LogP contribution is 2.29. The van der Waals surface area contributed by atoms with E-state index in [0.29, 0.717) is 42.6 Å². The van der Waals surface area contributed by atoms with Crippen molar-refractivity contribution in [3.63, 3.8) is 0 Å². The Morgan fingerprint density at radius 1 is 1.18 bits per heavy atom. The van der Waals surface area contributed by atoms with Gasteiger partial charge in [0.25, 0.3) is 0 Å². The average Bonchev–Trinajstić information content (AvgIpc) is 2.48. The molecule has 0 aliphatic carbocycles. The molecule has 1 heterocycles. The van der Waals surface area contributed by atoms with Gasteiger partial charge in [-0.3, -0.25) is 0 Å². The van der Waals surface area contributed by atoms with Crippen LogP contribution in [0.15, 0.2) is 42.5 Å². The van der Waals surface area contributed by atoms with Gasteiger partial charge in [0.1, 0.15) is 22.9 Å². The number of aliphatic hydroxyl groups is 1. The predicted molar refractivity (Wildman–Crippen MR) is 81.6 cm³/mol. The second-order valence-corrected chi connectivity index (χ2v) is 5.38. The van der Waals surface area contributed by atoms with Gasteiger partial charge in [-0.25, -0.2) is 4.39 Å². The molecule has 0 atom stereocenters. The molecule has 2 aromatic carbocycles. The van der Waals surface area contributed by atoms with E-state index in [2.05, 4.69) is 5.32 Å². The lowest BCUT2D eigenvalue weighted by Crippen LogP contribution is -2.54. The number of nitrogens with one attached hydrogen (secondary N) is 1. The van der Waals surface area contributed by atoms with Crippen LogP contribution in [-0.4, -0.2) is 30.5 Å². The van der Waals surface area contributed by atoms with E-state index in [-0.39, 0.29) is 5.82 Å². The van der Waals surface area contributed by atoms with Gasteiger partial charge in [-0.1, -0.05) is 0 Å². The van der Waals surface area contributed by atoms with Crippen LogP contribution in [0, 0.1) is 5.82 Å². The van der Waals surface area contributed by atoms with E-state index in [4.69, 9.17) is 15.2 Å². The van der Waals surface area contributed by atoms with Crippen molar-refractivity contribution in [2.24, 2.45) is 0 Å². The zero-order chi connectivity index (χ0) is 15.6. The summed E-state index contributed by atoms with van der Waals surface area (Å²) >= 11 is 0. The SMILES string of the molecule is Nc1ccc(Oc2ccc(F)cc2)cc1NCC1(O)COC1. The molecule has 0 radical (unpaired) electrons. The Kier molecular flexibility index (Phi) is 3.87. The Hall–Kier alpha value is -2.31. The smallest absolute Gasteiger partial charge is 0.129 e. The minimum atomic E-state index is -0.847. The maximum Gasteiger partial charge on any atom is 0.129 e. The summed E-state index contributed by atoms with van der Waals surface area (Å²) in [5.74, 6) is 0.784. The fraction of sp³-hybridized carbons (Fsp3) is 0.250. The molecule has 1 fully saturated rings. The summed E-state index contributed by atoms with van der Waals surface area (Å²) in [6.07, 6.45) is 0. The molecular weight excluding hydrogens is 287 g/mol. The quantitative estimate of drug-likeness (QED) is 0.739. The normalized spacial score (nSPS) is 15.9. The Morgan fingerprint density at radius 2 is 1.86 bits per heavy atom. The number of hydrogen-bond acceptors (Lipinski definition) is 5. The molecule has 0 unspecified atom stereocenters. The summed E-state index contributed by atoms with van der Waals surface area (Å²) < 4.78 is 23.5. The highest BCUT2D eigenvalue weighted by atomic mass is 19.1. The fourth-order valence-electron chi connectivity index (χ4n) is 2.09. The summed E-state index contributed by atoms with van der Waals surface area (Å²) in [6, 6.07) is 10.9. The zero-order valence-corrected chi connectivity index (χ0v) is 11.9. The zero-order valence-electron chi connectivity index (χ0n) is 11.9. The maximum atomic E-state index is 12.9. The molecule has 0 spiro atoms. The standard InChI is InChI=1S/C16H17FN2O3/c17-11-1-3-12(4-2-11)22-13-5-6-14(18)15(7-13)19-8-16(20)9-21-10-16/h1-7,19-20H,8-10,18H2. The van der Waals surface area contributed by atoms with E-state index < -0.39 is 5.60 Å². The third-order valence-corrected chi connectivity index (χ3v) is 3.42. The lowest BCUT2D eigenvalue weighted by atomic mass is 10.0. The molecule has 116 valence electrons. The van der Waals surface area contributed by atoms with Crippen molar-refractivity contribution in [1.29, 1.82) is 0 Å². The van der Waals surface area contributed by atoms with Gasteiger partial charge in [0, 0.05) is 12.6 Å². The molecule has 1 aliphatic heterocycles. The first-order valence-electron chi connectivity index (χ1n) is 6.91. The van der Waals surface area contributed by atoms with Crippen LogP contribution in [-0.2, 0) is 4.74 Å². The van der Waals surface area contributed by atoms with Gasteiger partial charge in [-0.15, -0.1) is 0 Å². The molecule has 0 aromatic heterocycles. The summed E-state index contributed by atoms with van der Waals surface area (Å²) in [6.45, 7) is 0.967. The van der Waals surface area contributed by atoms with E-state index >= 15 is 0 Å². The number of anilines is 2. The van der Waals surface area contributed by atoms with Crippen LogP contribution in [0.25, 0.3) is 0 Å². The van der Waals surface area contributed by atoms with Crippen molar-refractivity contribution in [3.05, 3.63) is 48.3 Å². The lowest BCUT2D eigenvalue weighted by molar-refractivity contribution is -0.168. The number of nitrogens with two attached hydrogens (primary N) is 1. The topological polar surface area (TPSA) is 76.7 Å². The van der Waals surface area contributed by atoms with Crippen molar-refractivity contribution in [2.45, 2.75) is 5.60 Å². The second-order valence-electron chi connectivity index (χ2n) is 5.38. The Morgan fingerprint density at radius 3 is 2.50 bits per heavy atom. The molecule has 0 bridgehead atoms. The molecule has 4 N–H and O–H groups in total. The summed E-state index contributed by atoms with van der Waals surface area (Å²) in [7, 11) is 0. The van der Waals surface area contributed by atoms with Crippen LogP contribution >= 0.6 is 0 Å². The van der Waals surface area contributed by atoms with E-state index in [0.717, 1.165) is 0 Å². The van der Waals surface area contributed by atoms with Gasteiger partial charge < -0.3 is 25.6 Å². The minimum absolute atomic E-state index is 0.311. The van der Waals surface area contributed by atoms with E-state index in [1.807, 2.05) is 0 Å². The minimum Gasteiger partial charge on any atom is -0.457 e. The second kappa shape index (κ2) is 5.82. The van der Waals surface area contributed by atoms with Crippen molar-refractivity contribution < 1.29 is 19.0 Å². The third-order valence-electron chi connectivity index (χ3n) is 3.42. The van der Waals surface area contributed by atoms with Gasteiger partial charge in [-0.2, -0.15) is 0 Å². The number of hydrogen-bond donors (Lipinski definition) is 3. The molecule has 0 amide bonds. The molecule has 1 saturated heterocycles. The number of halogens is 1. The van der Waals surface area contributed by atoms with Crippen LogP contribution in [0.5, 0.6) is 11.5 Å². The molecule has 0 saturated carbocycles. The fourth-order valence-corrected chi connectivity index (χ4v) is 2.09. The van der Waals surface area contributed by atoms with Gasteiger partial charge in [0.2, 0.25) is 0 Å². The van der Waals surface area contributed by atoms with Gasteiger partial charge in [0.05, 0.1) is 24.6 Å². The van der Waals surface area contributed by atoms with Crippen molar-refractivity contribution >= 4 is 11.4 Å². The van der Waals surface area contributed by atoms with E-state index in [9.17, 15) is 9.50 Å².